The third-order valence-corrected chi connectivity index (χ3v) is 4.40. The SMILES string of the molecule is NNc1nnc(Cn2c3ccccc3c3ccccc32)s1. The van der Waals surface area contributed by atoms with Gasteiger partial charge in [-0.1, -0.05) is 47.7 Å². The Bertz CT molecular complexity index is 871. The lowest BCUT2D eigenvalue weighted by Crippen LogP contribution is -2.05. The van der Waals surface area contributed by atoms with Crippen LogP contribution in [0.2, 0.25) is 0 Å². The number of hydrogen-bond donors (Lipinski definition) is 2. The molecule has 0 radical (unpaired) electrons. The van der Waals surface area contributed by atoms with Gasteiger partial charge in [0.2, 0.25) is 5.13 Å². The molecule has 0 saturated carbocycles. The lowest BCUT2D eigenvalue weighted by Gasteiger charge is -2.04. The van der Waals surface area contributed by atoms with Gasteiger partial charge in [0.15, 0.2) is 0 Å². The molecule has 0 fully saturated rings. The average molecular weight is 295 g/mol. The molecule has 3 N–H and O–H groups in total. The highest BCUT2D eigenvalue weighted by atomic mass is 32.1. The van der Waals surface area contributed by atoms with E-state index in [1.54, 1.807) is 0 Å². The Kier molecular flexibility index (Phi) is 2.83. The van der Waals surface area contributed by atoms with Crippen LogP contribution in [-0.2, 0) is 6.54 Å². The Morgan fingerprint density at radius 2 is 1.57 bits per heavy atom. The van der Waals surface area contributed by atoms with Crippen LogP contribution < -0.4 is 11.3 Å². The fourth-order valence-corrected chi connectivity index (χ4v) is 3.32. The van der Waals surface area contributed by atoms with E-state index in [-0.39, 0.29) is 0 Å². The number of benzene rings is 2. The number of para-hydroxylation sites is 2. The number of nitrogens with two attached hydrogens (primary N) is 1. The Hall–Kier alpha value is -2.44. The summed E-state index contributed by atoms with van der Waals surface area (Å²) in [7, 11) is 0. The van der Waals surface area contributed by atoms with E-state index in [0.717, 1.165) is 5.01 Å². The summed E-state index contributed by atoms with van der Waals surface area (Å²) in [5.41, 5.74) is 4.95. The van der Waals surface area contributed by atoms with E-state index in [4.69, 9.17) is 5.84 Å². The van der Waals surface area contributed by atoms with Gasteiger partial charge in [-0.2, -0.15) is 0 Å². The summed E-state index contributed by atoms with van der Waals surface area (Å²) in [6, 6.07) is 16.8. The predicted octanol–water partition coefficient (Wildman–Crippen LogP) is 2.98. The van der Waals surface area contributed by atoms with Crippen LogP contribution in [0.3, 0.4) is 0 Å². The van der Waals surface area contributed by atoms with Gasteiger partial charge in [-0.3, -0.25) is 5.43 Å². The molecule has 2 aromatic carbocycles. The Morgan fingerprint density at radius 1 is 0.952 bits per heavy atom. The summed E-state index contributed by atoms with van der Waals surface area (Å²) in [5.74, 6) is 5.37. The van der Waals surface area contributed by atoms with Crippen molar-refractivity contribution in [3.63, 3.8) is 0 Å². The molecule has 2 heterocycles. The molecule has 0 bridgehead atoms. The van der Waals surface area contributed by atoms with E-state index < -0.39 is 0 Å². The smallest absolute Gasteiger partial charge is 0.219 e. The Labute approximate surface area is 125 Å². The monoisotopic (exact) mass is 295 g/mol. The van der Waals surface area contributed by atoms with Gasteiger partial charge in [-0.05, 0) is 12.1 Å². The first-order chi connectivity index (χ1) is 10.4. The van der Waals surface area contributed by atoms with Crippen molar-refractivity contribution in [2.24, 2.45) is 5.84 Å². The number of aromatic nitrogens is 3. The number of hydrogen-bond acceptors (Lipinski definition) is 5. The molecule has 0 unspecified atom stereocenters. The maximum Gasteiger partial charge on any atom is 0.219 e. The number of fused-ring (bicyclic) bond motifs is 3. The number of nitrogen functional groups attached to an aromatic ring is 1. The first kappa shape index (κ1) is 12.3. The van der Waals surface area contributed by atoms with Crippen molar-refractivity contribution in [1.29, 1.82) is 0 Å². The summed E-state index contributed by atoms with van der Waals surface area (Å²) in [4.78, 5) is 0. The summed E-state index contributed by atoms with van der Waals surface area (Å²) in [6.07, 6.45) is 0. The van der Waals surface area contributed by atoms with Crippen LogP contribution in [0, 0.1) is 0 Å². The molecule has 4 rings (SSSR count). The molecule has 0 aliphatic carbocycles. The molecule has 5 nitrogen and oxygen atoms in total. The van der Waals surface area contributed by atoms with Crippen molar-refractivity contribution in [3.05, 3.63) is 53.5 Å². The van der Waals surface area contributed by atoms with Crippen molar-refractivity contribution in [3.8, 4) is 0 Å². The molecule has 104 valence electrons. The van der Waals surface area contributed by atoms with Crippen LogP contribution in [0.25, 0.3) is 21.8 Å². The third-order valence-electron chi connectivity index (χ3n) is 3.56. The molecule has 2 aromatic heterocycles. The van der Waals surface area contributed by atoms with Gasteiger partial charge in [0.05, 0.1) is 6.54 Å². The quantitative estimate of drug-likeness (QED) is 0.450. The zero-order chi connectivity index (χ0) is 14.2. The van der Waals surface area contributed by atoms with Crippen LogP contribution in [0.1, 0.15) is 5.01 Å². The molecule has 0 amide bonds. The minimum Gasteiger partial charge on any atom is -0.333 e. The molecule has 0 aliphatic rings. The molecule has 0 saturated heterocycles. The number of nitrogens with zero attached hydrogens (tertiary/aromatic N) is 3. The van der Waals surface area contributed by atoms with E-state index in [1.165, 1.54) is 33.1 Å². The molecule has 21 heavy (non-hydrogen) atoms. The molecule has 0 atom stereocenters. The van der Waals surface area contributed by atoms with E-state index in [2.05, 4.69) is 68.7 Å². The highest BCUT2D eigenvalue weighted by Gasteiger charge is 2.11. The maximum absolute atomic E-state index is 5.37. The van der Waals surface area contributed by atoms with E-state index >= 15 is 0 Å². The molecule has 4 aromatic rings. The summed E-state index contributed by atoms with van der Waals surface area (Å²) in [5, 5.41) is 12.2. The standard InChI is InChI=1S/C15H13N5S/c16-17-15-19-18-14(21-15)9-20-12-7-3-1-5-10(12)11-6-2-4-8-13(11)20/h1-8H,9,16H2,(H,17,19). The van der Waals surface area contributed by atoms with Crippen LogP contribution in [0.15, 0.2) is 48.5 Å². The highest BCUT2D eigenvalue weighted by molar-refractivity contribution is 7.15. The third kappa shape index (κ3) is 1.96. The number of anilines is 1. The largest absolute Gasteiger partial charge is 0.333 e. The van der Waals surface area contributed by atoms with E-state index in [0.29, 0.717) is 11.7 Å². The summed E-state index contributed by atoms with van der Waals surface area (Å²) < 4.78 is 2.27. The van der Waals surface area contributed by atoms with Gasteiger partial charge in [0.1, 0.15) is 5.01 Å². The lowest BCUT2D eigenvalue weighted by atomic mass is 10.2. The zero-order valence-electron chi connectivity index (χ0n) is 11.2. The first-order valence-corrected chi connectivity index (χ1v) is 7.43. The normalized spacial score (nSPS) is 11.3. The topological polar surface area (TPSA) is 68.8 Å². The number of nitrogens with one attached hydrogen (secondary N) is 1. The minimum atomic E-state index is 0.630. The molecular weight excluding hydrogens is 282 g/mol. The van der Waals surface area contributed by atoms with Crippen molar-refractivity contribution in [1.82, 2.24) is 14.8 Å². The van der Waals surface area contributed by atoms with E-state index in [9.17, 15) is 0 Å². The van der Waals surface area contributed by atoms with Gasteiger partial charge in [-0.25, -0.2) is 5.84 Å². The predicted molar refractivity (Wildman–Crippen MR) is 86.3 cm³/mol. The second-order valence-corrected chi connectivity index (χ2v) is 5.83. The van der Waals surface area contributed by atoms with E-state index in [1.807, 2.05) is 0 Å². The fraction of sp³-hybridized carbons (Fsp3) is 0.0667. The number of hydrazine groups is 1. The van der Waals surface area contributed by atoms with Gasteiger partial charge in [0.25, 0.3) is 0 Å². The second-order valence-electron chi connectivity index (χ2n) is 4.77. The Balaban J connectivity index is 1.93. The Morgan fingerprint density at radius 3 is 2.14 bits per heavy atom. The minimum absolute atomic E-state index is 0.630. The van der Waals surface area contributed by atoms with Crippen LogP contribution >= 0.6 is 11.3 Å². The molecule has 6 heteroatoms. The fourth-order valence-electron chi connectivity index (χ4n) is 2.68. The van der Waals surface area contributed by atoms with Gasteiger partial charge in [0, 0.05) is 21.8 Å². The van der Waals surface area contributed by atoms with Crippen molar-refractivity contribution in [2.45, 2.75) is 6.54 Å². The van der Waals surface area contributed by atoms with Crippen molar-refractivity contribution >= 4 is 38.3 Å². The summed E-state index contributed by atoms with van der Waals surface area (Å²) in [6.45, 7) is 0.688. The maximum atomic E-state index is 5.37. The first-order valence-electron chi connectivity index (χ1n) is 6.62. The molecular formula is C15H13N5S. The summed E-state index contributed by atoms with van der Waals surface area (Å²) >= 11 is 1.47. The van der Waals surface area contributed by atoms with Crippen LogP contribution in [0.4, 0.5) is 5.13 Å². The highest BCUT2D eigenvalue weighted by Crippen LogP contribution is 2.29. The number of rotatable bonds is 3. The average Bonchev–Trinajstić information content (AvgIpc) is 3.12. The lowest BCUT2D eigenvalue weighted by molar-refractivity contribution is 0.836. The zero-order valence-corrected chi connectivity index (χ0v) is 12.0. The van der Waals surface area contributed by atoms with Gasteiger partial charge < -0.3 is 4.57 Å². The van der Waals surface area contributed by atoms with Crippen LogP contribution in [0.5, 0.6) is 0 Å². The molecule has 0 spiro atoms. The van der Waals surface area contributed by atoms with Gasteiger partial charge >= 0.3 is 0 Å². The van der Waals surface area contributed by atoms with Gasteiger partial charge in [-0.15, -0.1) is 10.2 Å². The van der Waals surface area contributed by atoms with Crippen molar-refractivity contribution in [2.75, 3.05) is 5.43 Å². The molecule has 0 aliphatic heterocycles. The van der Waals surface area contributed by atoms with Crippen molar-refractivity contribution < 1.29 is 0 Å². The second kappa shape index (κ2) is 4.83. The van der Waals surface area contributed by atoms with Crippen LogP contribution in [-0.4, -0.2) is 14.8 Å².